The van der Waals surface area contributed by atoms with Gasteiger partial charge in [-0.15, -0.1) is 11.3 Å². The molecule has 2 nitrogen and oxygen atoms in total. The molecule has 1 aliphatic carbocycles. The van der Waals surface area contributed by atoms with E-state index in [0.29, 0.717) is 12.6 Å². The topological polar surface area (TPSA) is 35.2 Å². The zero-order valence-corrected chi connectivity index (χ0v) is 10.7. The molecule has 3 unspecified atom stereocenters. The molecule has 1 aromatic heterocycles. The molecule has 90 valence electrons. The summed E-state index contributed by atoms with van der Waals surface area (Å²) in [6.07, 6.45) is 5.57. The van der Waals surface area contributed by atoms with Crippen molar-refractivity contribution >= 4 is 11.3 Å². The van der Waals surface area contributed by atoms with E-state index in [1.54, 1.807) is 11.3 Å². The highest BCUT2D eigenvalue weighted by Gasteiger charge is 2.23. The summed E-state index contributed by atoms with van der Waals surface area (Å²) in [5.41, 5.74) is 5.80. The molecule has 0 radical (unpaired) electrons. The second-order valence-corrected chi connectivity index (χ2v) is 5.75. The normalized spacial score (nSPS) is 27.9. The van der Waals surface area contributed by atoms with Gasteiger partial charge < -0.3 is 10.5 Å². The van der Waals surface area contributed by atoms with E-state index in [0.717, 1.165) is 5.92 Å². The minimum atomic E-state index is 0.107. The van der Waals surface area contributed by atoms with Gasteiger partial charge in [-0.3, -0.25) is 0 Å². The number of ether oxygens (including phenoxy) is 1. The van der Waals surface area contributed by atoms with Crippen LogP contribution < -0.4 is 5.73 Å². The van der Waals surface area contributed by atoms with Crippen molar-refractivity contribution in [3.63, 3.8) is 0 Å². The molecule has 0 spiro atoms. The van der Waals surface area contributed by atoms with Crippen LogP contribution in [0.15, 0.2) is 17.5 Å². The van der Waals surface area contributed by atoms with Gasteiger partial charge in [0.1, 0.15) is 6.10 Å². The van der Waals surface area contributed by atoms with E-state index in [1.165, 1.54) is 30.6 Å². The lowest BCUT2D eigenvalue weighted by molar-refractivity contribution is -0.0345. The van der Waals surface area contributed by atoms with Gasteiger partial charge >= 0.3 is 0 Å². The molecule has 16 heavy (non-hydrogen) atoms. The largest absolute Gasteiger partial charge is 0.368 e. The third kappa shape index (κ3) is 3.06. The second kappa shape index (κ2) is 5.80. The quantitative estimate of drug-likeness (QED) is 0.874. The predicted octanol–water partition coefficient (Wildman–Crippen LogP) is 3.34. The van der Waals surface area contributed by atoms with Crippen molar-refractivity contribution in [3.8, 4) is 0 Å². The van der Waals surface area contributed by atoms with Crippen molar-refractivity contribution in [2.75, 3.05) is 6.54 Å². The smallest absolute Gasteiger partial charge is 0.104 e. The monoisotopic (exact) mass is 239 g/mol. The zero-order valence-electron chi connectivity index (χ0n) is 9.89. The van der Waals surface area contributed by atoms with Crippen LogP contribution in [0.5, 0.6) is 0 Å². The molecule has 1 heterocycles. The molecule has 0 saturated heterocycles. The minimum Gasteiger partial charge on any atom is -0.368 e. The first kappa shape index (κ1) is 12.1. The van der Waals surface area contributed by atoms with Crippen molar-refractivity contribution in [3.05, 3.63) is 22.4 Å². The summed E-state index contributed by atoms with van der Waals surface area (Å²) in [5, 5.41) is 2.09. The Morgan fingerprint density at radius 3 is 3.06 bits per heavy atom. The number of nitrogens with two attached hydrogens (primary N) is 1. The molecule has 2 rings (SSSR count). The summed E-state index contributed by atoms with van der Waals surface area (Å²) in [7, 11) is 0. The van der Waals surface area contributed by atoms with Crippen molar-refractivity contribution in [2.24, 2.45) is 11.7 Å². The van der Waals surface area contributed by atoms with Crippen LogP contribution in [0.1, 0.15) is 43.6 Å². The fourth-order valence-electron chi connectivity index (χ4n) is 2.45. The van der Waals surface area contributed by atoms with E-state index in [2.05, 4.69) is 24.4 Å². The van der Waals surface area contributed by atoms with Gasteiger partial charge in [0.05, 0.1) is 6.10 Å². The van der Waals surface area contributed by atoms with E-state index in [9.17, 15) is 0 Å². The van der Waals surface area contributed by atoms with E-state index in [1.807, 2.05) is 0 Å². The van der Waals surface area contributed by atoms with Crippen LogP contribution in [0, 0.1) is 5.92 Å². The van der Waals surface area contributed by atoms with Gasteiger partial charge in [-0.05, 0) is 30.2 Å². The zero-order chi connectivity index (χ0) is 11.4. The molecule has 0 aliphatic heterocycles. The van der Waals surface area contributed by atoms with E-state index < -0.39 is 0 Å². The van der Waals surface area contributed by atoms with Crippen LogP contribution in [0.3, 0.4) is 0 Å². The molecule has 1 aromatic rings. The molecule has 1 saturated carbocycles. The lowest BCUT2D eigenvalue weighted by Crippen LogP contribution is -2.26. The summed E-state index contributed by atoms with van der Waals surface area (Å²) in [5.74, 6) is 0.806. The summed E-state index contributed by atoms with van der Waals surface area (Å²) in [4.78, 5) is 1.26. The summed E-state index contributed by atoms with van der Waals surface area (Å²) in [6, 6.07) is 4.18. The van der Waals surface area contributed by atoms with E-state index in [-0.39, 0.29) is 6.10 Å². The fourth-order valence-corrected chi connectivity index (χ4v) is 3.22. The number of thiophene rings is 1. The second-order valence-electron chi connectivity index (χ2n) is 4.77. The van der Waals surface area contributed by atoms with Crippen LogP contribution in [-0.2, 0) is 4.74 Å². The molecule has 0 aromatic carbocycles. The summed E-state index contributed by atoms with van der Waals surface area (Å²) in [6.45, 7) is 2.91. The van der Waals surface area contributed by atoms with Crippen LogP contribution in [0.2, 0.25) is 0 Å². The van der Waals surface area contributed by atoms with Crippen LogP contribution in [0.25, 0.3) is 0 Å². The molecular formula is C13H21NOS. The van der Waals surface area contributed by atoms with Gasteiger partial charge in [-0.2, -0.15) is 0 Å². The Balaban J connectivity index is 1.91. The first-order valence-corrected chi connectivity index (χ1v) is 7.06. The highest BCUT2D eigenvalue weighted by molar-refractivity contribution is 7.10. The number of hydrogen-bond acceptors (Lipinski definition) is 3. The Morgan fingerprint density at radius 2 is 2.44 bits per heavy atom. The van der Waals surface area contributed by atoms with E-state index in [4.69, 9.17) is 10.5 Å². The number of rotatable bonds is 4. The molecule has 3 atom stereocenters. The molecule has 0 bridgehead atoms. The van der Waals surface area contributed by atoms with Crippen LogP contribution >= 0.6 is 11.3 Å². The Kier molecular flexibility index (Phi) is 4.38. The third-order valence-electron chi connectivity index (χ3n) is 3.32. The van der Waals surface area contributed by atoms with Gasteiger partial charge in [-0.25, -0.2) is 0 Å². The Hall–Kier alpha value is -0.380. The molecular weight excluding hydrogens is 218 g/mol. The first-order chi connectivity index (χ1) is 7.79. The van der Waals surface area contributed by atoms with Gasteiger partial charge in [0.2, 0.25) is 0 Å². The van der Waals surface area contributed by atoms with E-state index >= 15 is 0 Å². The van der Waals surface area contributed by atoms with Crippen molar-refractivity contribution in [1.82, 2.24) is 0 Å². The third-order valence-corrected chi connectivity index (χ3v) is 4.28. The molecule has 1 fully saturated rings. The Bertz CT molecular complexity index is 299. The van der Waals surface area contributed by atoms with Crippen molar-refractivity contribution in [1.29, 1.82) is 0 Å². The highest BCUT2D eigenvalue weighted by Crippen LogP contribution is 2.30. The standard InChI is InChI=1S/C13H21NOS/c1-10-4-2-5-11(8-10)15-12(9-14)13-6-3-7-16-13/h3,6-7,10-12H,2,4-5,8-9,14H2,1H3. The maximum atomic E-state index is 6.14. The molecule has 1 aliphatic rings. The van der Waals surface area contributed by atoms with Crippen molar-refractivity contribution < 1.29 is 4.74 Å². The Labute approximate surface area is 102 Å². The summed E-state index contributed by atoms with van der Waals surface area (Å²) >= 11 is 1.74. The maximum Gasteiger partial charge on any atom is 0.104 e. The van der Waals surface area contributed by atoms with Gasteiger partial charge in [0.15, 0.2) is 0 Å². The van der Waals surface area contributed by atoms with Crippen LogP contribution in [0.4, 0.5) is 0 Å². The van der Waals surface area contributed by atoms with Gasteiger partial charge in [0, 0.05) is 11.4 Å². The minimum absolute atomic E-state index is 0.107. The number of hydrogen-bond donors (Lipinski definition) is 1. The molecule has 3 heteroatoms. The fraction of sp³-hybridized carbons (Fsp3) is 0.692. The van der Waals surface area contributed by atoms with Crippen molar-refractivity contribution in [2.45, 2.75) is 44.8 Å². The lowest BCUT2D eigenvalue weighted by atomic mass is 9.88. The Morgan fingerprint density at radius 1 is 1.56 bits per heavy atom. The molecule has 0 amide bonds. The average molecular weight is 239 g/mol. The lowest BCUT2D eigenvalue weighted by Gasteiger charge is -2.29. The SMILES string of the molecule is CC1CCCC(OC(CN)c2cccs2)C1. The average Bonchev–Trinajstić information content (AvgIpc) is 2.79. The summed E-state index contributed by atoms with van der Waals surface area (Å²) < 4.78 is 6.14. The first-order valence-electron chi connectivity index (χ1n) is 6.18. The van der Waals surface area contributed by atoms with Gasteiger partial charge in [0.25, 0.3) is 0 Å². The van der Waals surface area contributed by atoms with Crippen LogP contribution in [-0.4, -0.2) is 12.6 Å². The molecule has 2 N–H and O–H groups in total. The maximum absolute atomic E-state index is 6.14. The van der Waals surface area contributed by atoms with Gasteiger partial charge in [-0.1, -0.05) is 25.8 Å². The predicted molar refractivity (Wildman–Crippen MR) is 68.6 cm³/mol. The highest BCUT2D eigenvalue weighted by atomic mass is 32.1.